The largest absolute Gasteiger partial charge is 0.356 e. The van der Waals surface area contributed by atoms with Gasteiger partial charge in [0.25, 0.3) is 5.91 Å². The molecule has 1 unspecified atom stereocenters. The quantitative estimate of drug-likeness (QED) is 0.526. The summed E-state index contributed by atoms with van der Waals surface area (Å²) in [5, 5.41) is 9.19. The van der Waals surface area contributed by atoms with Gasteiger partial charge in [-0.1, -0.05) is 42.5 Å². The lowest BCUT2D eigenvalue weighted by Crippen LogP contribution is -2.31. The summed E-state index contributed by atoms with van der Waals surface area (Å²) in [6, 6.07) is 22.7. The summed E-state index contributed by atoms with van der Waals surface area (Å²) in [6.07, 6.45) is 0. The molecule has 0 aromatic heterocycles. The summed E-state index contributed by atoms with van der Waals surface area (Å²) in [5.74, 6) is -0.542. The summed E-state index contributed by atoms with van der Waals surface area (Å²) >= 11 is 5.28. The highest BCUT2D eigenvalue weighted by atomic mass is 32.1. The second kappa shape index (κ2) is 9.10. The molecule has 0 aliphatic rings. The van der Waals surface area contributed by atoms with Gasteiger partial charge in [-0.15, -0.1) is 0 Å². The molecule has 0 bridgehead atoms. The Morgan fingerprint density at radius 3 is 2.39 bits per heavy atom. The molecule has 0 aliphatic heterocycles. The van der Waals surface area contributed by atoms with Crippen molar-refractivity contribution in [1.29, 1.82) is 0 Å². The lowest BCUT2D eigenvalue weighted by molar-refractivity contribution is 0.102. The van der Waals surface area contributed by atoms with E-state index in [4.69, 9.17) is 12.2 Å². The van der Waals surface area contributed by atoms with Crippen LogP contribution in [-0.4, -0.2) is 11.0 Å². The fraction of sp³-hybridized carbons (Fsp3) is 0.0909. The minimum absolute atomic E-state index is 0.139. The predicted molar refractivity (Wildman–Crippen MR) is 115 cm³/mol. The third-order valence-corrected chi connectivity index (χ3v) is 4.37. The SMILES string of the molecule is CC(NC(=S)Nc1ccccc1F)c1cccc(NC(=O)c2ccccc2)c1. The third kappa shape index (κ3) is 5.14. The Morgan fingerprint density at radius 2 is 1.64 bits per heavy atom. The van der Waals surface area contributed by atoms with E-state index in [1.165, 1.54) is 6.07 Å². The number of rotatable bonds is 5. The molecule has 4 nitrogen and oxygen atoms in total. The van der Waals surface area contributed by atoms with E-state index in [0.717, 1.165) is 5.56 Å². The van der Waals surface area contributed by atoms with Crippen LogP contribution >= 0.6 is 12.2 Å². The number of para-hydroxylation sites is 1. The van der Waals surface area contributed by atoms with Gasteiger partial charge in [0.2, 0.25) is 0 Å². The van der Waals surface area contributed by atoms with Crippen molar-refractivity contribution in [2.75, 3.05) is 10.6 Å². The van der Waals surface area contributed by atoms with Gasteiger partial charge in [-0.2, -0.15) is 0 Å². The van der Waals surface area contributed by atoms with Gasteiger partial charge in [-0.05, 0) is 61.1 Å². The monoisotopic (exact) mass is 393 g/mol. The number of anilines is 2. The van der Waals surface area contributed by atoms with Crippen LogP contribution in [-0.2, 0) is 0 Å². The molecule has 0 spiro atoms. The van der Waals surface area contributed by atoms with Gasteiger partial charge in [0.05, 0.1) is 11.7 Å². The first-order chi connectivity index (χ1) is 13.5. The summed E-state index contributed by atoms with van der Waals surface area (Å²) in [6.45, 7) is 1.94. The fourth-order valence-corrected chi connectivity index (χ4v) is 2.97. The smallest absolute Gasteiger partial charge is 0.255 e. The number of amides is 1. The highest BCUT2D eigenvalue weighted by Gasteiger charge is 2.11. The molecule has 142 valence electrons. The highest BCUT2D eigenvalue weighted by Crippen LogP contribution is 2.19. The average molecular weight is 393 g/mol. The number of hydrogen-bond donors (Lipinski definition) is 3. The molecule has 0 saturated carbocycles. The molecule has 28 heavy (non-hydrogen) atoms. The van der Waals surface area contributed by atoms with Crippen LogP contribution in [0.5, 0.6) is 0 Å². The molecule has 1 amide bonds. The normalized spacial score (nSPS) is 11.4. The van der Waals surface area contributed by atoms with E-state index >= 15 is 0 Å². The molecular formula is C22H20FN3OS. The van der Waals surface area contributed by atoms with Crippen LogP contribution in [0.1, 0.15) is 28.9 Å². The van der Waals surface area contributed by atoms with Crippen LogP contribution in [0.4, 0.5) is 15.8 Å². The minimum atomic E-state index is -0.370. The van der Waals surface area contributed by atoms with E-state index in [2.05, 4.69) is 16.0 Å². The molecule has 6 heteroatoms. The summed E-state index contributed by atoms with van der Waals surface area (Å²) in [7, 11) is 0. The average Bonchev–Trinajstić information content (AvgIpc) is 2.70. The van der Waals surface area contributed by atoms with Crippen LogP contribution in [0.15, 0.2) is 78.9 Å². The second-order valence-electron chi connectivity index (χ2n) is 6.25. The van der Waals surface area contributed by atoms with E-state index in [1.54, 1.807) is 30.3 Å². The summed E-state index contributed by atoms with van der Waals surface area (Å²) in [5.41, 5.74) is 2.53. The van der Waals surface area contributed by atoms with E-state index in [0.29, 0.717) is 22.1 Å². The van der Waals surface area contributed by atoms with Crippen LogP contribution in [0, 0.1) is 5.82 Å². The molecule has 3 rings (SSSR count). The van der Waals surface area contributed by atoms with E-state index in [-0.39, 0.29) is 17.8 Å². The fourth-order valence-electron chi connectivity index (χ4n) is 2.68. The van der Waals surface area contributed by atoms with Crippen LogP contribution in [0.2, 0.25) is 0 Å². The van der Waals surface area contributed by atoms with Crippen molar-refractivity contribution in [2.45, 2.75) is 13.0 Å². The molecule has 3 aromatic rings. The molecule has 0 aliphatic carbocycles. The zero-order valence-corrected chi connectivity index (χ0v) is 16.1. The van der Waals surface area contributed by atoms with Gasteiger partial charge in [0.15, 0.2) is 5.11 Å². The number of halogens is 1. The Bertz CT molecular complexity index is 978. The van der Waals surface area contributed by atoms with E-state index in [9.17, 15) is 9.18 Å². The van der Waals surface area contributed by atoms with Crippen molar-refractivity contribution in [3.8, 4) is 0 Å². The number of carbonyl (C=O) groups is 1. The maximum absolute atomic E-state index is 13.7. The maximum Gasteiger partial charge on any atom is 0.255 e. The van der Waals surface area contributed by atoms with Gasteiger partial charge in [0.1, 0.15) is 5.82 Å². The van der Waals surface area contributed by atoms with Gasteiger partial charge < -0.3 is 16.0 Å². The molecule has 0 radical (unpaired) electrons. The van der Waals surface area contributed by atoms with Gasteiger partial charge in [-0.3, -0.25) is 4.79 Å². The Kier molecular flexibility index (Phi) is 6.34. The molecule has 3 aromatic carbocycles. The molecule has 3 N–H and O–H groups in total. The molecule has 0 fully saturated rings. The minimum Gasteiger partial charge on any atom is -0.356 e. The Hall–Kier alpha value is -3.25. The standard InChI is InChI=1S/C22H20FN3OS/c1-15(24-22(28)26-20-13-6-5-12-19(20)23)17-10-7-11-18(14-17)25-21(27)16-8-3-2-4-9-16/h2-15H,1H3,(H,25,27)(H2,24,26,28). The van der Waals surface area contributed by atoms with Crippen molar-refractivity contribution >= 4 is 34.6 Å². The number of hydrogen-bond acceptors (Lipinski definition) is 2. The number of benzene rings is 3. The van der Waals surface area contributed by atoms with Crippen molar-refractivity contribution in [3.63, 3.8) is 0 Å². The first kappa shape index (κ1) is 19.5. The molecular weight excluding hydrogens is 373 g/mol. The lowest BCUT2D eigenvalue weighted by Gasteiger charge is -2.18. The molecule has 0 saturated heterocycles. The van der Waals surface area contributed by atoms with Gasteiger partial charge in [-0.25, -0.2) is 4.39 Å². The van der Waals surface area contributed by atoms with Crippen molar-refractivity contribution in [1.82, 2.24) is 5.32 Å². The number of nitrogens with one attached hydrogen (secondary N) is 3. The molecule has 1 atom stereocenters. The summed E-state index contributed by atoms with van der Waals surface area (Å²) < 4.78 is 13.7. The van der Waals surface area contributed by atoms with Crippen LogP contribution < -0.4 is 16.0 Å². The topological polar surface area (TPSA) is 53.2 Å². The van der Waals surface area contributed by atoms with Crippen LogP contribution in [0.3, 0.4) is 0 Å². The Morgan fingerprint density at radius 1 is 0.929 bits per heavy atom. The maximum atomic E-state index is 13.7. The second-order valence-corrected chi connectivity index (χ2v) is 6.65. The summed E-state index contributed by atoms with van der Waals surface area (Å²) in [4.78, 5) is 12.3. The van der Waals surface area contributed by atoms with Crippen molar-refractivity contribution in [3.05, 3.63) is 95.8 Å². The third-order valence-electron chi connectivity index (χ3n) is 4.15. The lowest BCUT2D eigenvalue weighted by atomic mass is 10.1. The first-order valence-corrected chi connectivity index (χ1v) is 9.22. The number of carbonyl (C=O) groups excluding carboxylic acids is 1. The Labute approximate surface area is 168 Å². The van der Waals surface area contributed by atoms with E-state index < -0.39 is 0 Å². The number of thiocarbonyl (C=S) groups is 1. The van der Waals surface area contributed by atoms with Crippen molar-refractivity contribution < 1.29 is 9.18 Å². The zero-order valence-electron chi connectivity index (χ0n) is 15.3. The van der Waals surface area contributed by atoms with Gasteiger partial charge >= 0.3 is 0 Å². The van der Waals surface area contributed by atoms with E-state index in [1.807, 2.05) is 49.4 Å². The predicted octanol–water partition coefficient (Wildman–Crippen LogP) is 5.13. The first-order valence-electron chi connectivity index (χ1n) is 8.81. The molecule has 0 heterocycles. The zero-order chi connectivity index (χ0) is 19.9. The van der Waals surface area contributed by atoms with Crippen molar-refractivity contribution in [2.24, 2.45) is 0 Å². The highest BCUT2D eigenvalue weighted by molar-refractivity contribution is 7.80. The van der Waals surface area contributed by atoms with Crippen LogP contribution in [0.25, 0.3) is 0 Å². The van der Waals surface area contributed by atoms with Gasteiger partial charge in [0, 0.05) is 11.3 Å². The Balaban J connectivity index is 1.63.